The van der Waals surface area contributed by atoms with E-state index in [1.54, 1.807) is 6.20 Å². The van der Waals surface area contributed by atoms with Gasteiger partial charge in [0.2, 0.25) is 0 Å². The maximum absolute atomic E-state index is 6.04. The molecule has 0 aliphatic rings. The number of aromatic nitrogens is 3. The average Bonchev–Trinajstić information content (AvgIpc) is 2.41. The molecule has 3 nitrogen and oxygen atoms in total. The molecule has 0 radical (unpaired) electrons. The van der Waals surface area contributed by atoms with Crippen LogP contribution in [-0.2, 0) is 0 Å². The van der Waals surface area contributed by atoms with Crippen LogP contribution in [0.15, 0.2) is 42.9 Å². The fraction of sp³-hybridized carbons (Fsp3) is 0.0714. The molecule has 18 heavy (non-hydrogen) atoms. The Morgan fingerprint density at radius 3 is 2.72 bits per heavy atom. The Hall–Kier alpha value is -2.00. The van der Waals surface area contributed by atoms with Crippen molar-refractivity contribution in [2.75, 3.05) is 0 Å². The molecule has 2 aromatic heterocycles. The number of rotatable bonds is 1. The summed E-state index contributed by atoms with van der Waals surface area (Å²) in [5.74, 6) is 0. The van der Waals surface area contributed by atoms with Crippen molar-refractivity contribution >= 4 is 22.5 Å². The lowest BCUT2D eigenvalue weighted by atomic mass is 10.0. The monoisotopic (exact) mass is 255 g/mol. The molecule has 0 atom stereocenters. The normalized spacial score (nSPS) is 10.8. The third-order valence-corrected chi connectivity index (χ3v) is 3.29. The third-order valence-electron chi connectivity index (χ3n) is 2.91. The Bertz CT molecular complexity index is 720. The predicted molar refractivity (Wildman–Crippen MR) is 72.5 cm³/mol. The SMILES string of the molecule is Cc1c(Cl)ncnc1-c1cccc2cccnc12. The minimum absolute atomic E-state index is 0.480. The Labute approximate surface area is 109 Å². The topological polar surface area (TPSA) is 38.7 Å². The molecular weight excluding hydrogens is 246 g/mol. The maximum Gasteiger partial charge on any atom is 0.135 e. The van der Waals surface area contributed by atoms with Gasteiger partial charge in [-0.15, -0.1) is 0 Å². The zero-order valence-corrected chi connectivity index (χ0v) is 10.5. The van der Waals surface area contributed by atoms with Gasteiger partial charge in [0, 0.05) is 22.7 Å². The fourth-order valence-electron chi connectivity index (χ4n) is 2.00. The molecule has 0 bridgehead atoms. The number of benzene rings is 1. The van der Waals surface area contributed by atoms with Gasteiger partial charge >= 0.3 is 0 Å². The first-order chi connectivity index (χ1) is 8.77. The van der Waals surface area contributed by atoms with Crippen molar-refractivity contribution in [3.63, 3.8) is 0 Å². The Balaban J connectivity index is 2.35. The summed E-state index contributed by atoms with van der Waals surface area (Å²) in [6.07, 6.45) is 3.26. The predicted octanol–water partition coefficient (Wildman–Crippen LogP) is 3.65. The first kappa shape index (κ1) is 11.1. The minimum atomic E-state index is 0.480. The molecule has 0 saturated heterocycles. The summed E-state index contributed by atoms with van der Waals surface area (Å²) in [4.78, 5) is 12.7. The van der Waals surface area contributed by atoms with Gasteiger partial charge in [-0.1, -0.05) is 35.9 Å². The number of halogens is 1. The van der Waals surface area contributed by atoms with Crippen molar-refractivity contribution < 1.29 is 0 Å². The van der Waals surface area contributed by atoms with Crippen molar-refractivity contribution in [2.45, 2.75) is 6.92 Å². The fourth-order valence-corrected chi connectivity index (χ4v) is 2.13. The van der Waals surface area contributed by atoms with E-state index in [1.807, 2.05) is 37.3 Å². The van der Waals surface area contributed by atoms with Crippen molar-refractivity contribution in [2.24, 2.45) is 0 Å². The van der Waals surface area contributed by atoms with Crippen LogP contribution in [-0.4, -0.2) is 15.0 Å². The summed E-state index contributed by atoms with van der Waals surface area (Å²) in [6.45, 7) is 1.92. The summed E-state index contributed by atoms with van der Waals surface area (Å²) < 4.78 is 0. The van der Waals surface area contributed by atoms with E-state index in [9.17, 15) is 0 Å². The summed E-state index contributed by atoms with van der Waals surface area (Å²) in [5.41, 5.74) is 3.62. The average molecular weight is 256 g/mol. The van der Waals surface area contributed by atoms with E-state index < -0.39 is 0 Å². The van der Waals surface area contributed by atoms with Crippen LogP contribution in [0.1, 0.15) is 5.56 Å². The summed E-state index contributed by atoms with van der Waals surface area (Å²) in [5, 5.41) is 1.57. The second-order valence-corrected chi connectivity index (χ2v) is 4.38. The van der Waals surface area contributed by atoms with Crippen LogP contribution in [0.3, 0.4) is 0 Å². The molecule has 0 amide bonds. The first-order valence-corrected chi connectivity index (χ1v) is 5.96. The molecule has 0 unspecified atom stereocenters. The summed E-state index contributed by atoms with van der Waals surface area (Å²) in [7, 11) is 0. The van der Waals surface area contributed by atoms with Gasteiger partial charge in [0.1, 0.15) is 11.5 Å². The van der Waals surface area contributed by atoms with Gasteiger partial charge in [-0.05, 0) is 13.0 Å². The minimum Gasteiger partial charge on any atom is -0.256 e. The molecule has 3 rings (SSSR count). The lowest BCUT2D eigenvalue weighted by molar-refractivity contribution is 1.13. The lowest BCUT2D eigenvalue weighted by Crippen LogP contribution is -1.93. The van der Waals surface area contributed by atoms with E-state index in [0.717, 1.165) is 27.7 Å². The zero-order valence-electron chi connectivity index (χ0n) is 9.76. The molecule has 88 valence electrons. The third kappa shape index (κ3) is 1.73. The van der Waals surface area contributed by atoms with Crippen LogP contribution >= 0.6 is 11.6 Å². The van der Waals surface area contributed by atoms with Crippen LogP contribution < -0.4 is 0 Å². The molecule has 0 saturated carbocycles. The molecule has 0 N–H and O–H groups in total. The Morgan fingerprint density at radius 2 is 1.83 bits per heavy atom. The second kappa shape index (κ2) is 4.35. The first-order valence-electron chi connectivity index (χ1n) is 5.58. The van der Waals surface area contributed by atoms with E-state index in [-0.39, 0.29) is 0 Å². The van der Waals surface area contributed by atoms with Gasteiger partial charge < -0.3 is 0 Å². The van der Waals surface area contributed by atoms with E-state index >= 15 is 0 Å². The highest BCUT2D eigenvalue weighted by atomic mass is 35.5. The summed E-state index contributed by atoms with van der Waals surface area (Å²) >= 11 is 6.04. The maximum atomic E-state index is 6.04. The van der Waals surface area contributed by atoms with Gasteiger partial charge in [-0.2, -0.15) is 0 Å². The van der Waals surface area contributed by atoms with Gasteiger partial charge in [0.15, 0.2) is 0 Å². The highest BCUT2D eigenvalue weighted by Crippen LogP contribution is 2.29. The smallest absolute Gasteiger partial charge is 0.135 e. The number of nitrogens with zero attached hydrogens (tertiary/aromatic N) is 3. The van der Waals surface area contributed by atoms with Gasteiger partial charge in [0.05, 0.1) is 11.2 Å². The van der Waals surface area contributed by atoms with Crippen molar-refractivity contribution in [3.05, 3.63) is 53.6 Å². The number of para-hydroxylation sites is 1. The van der Waals surface area contributed by atoms with Crippen LogP contribution in [0.5, 0.6) is 0 Å². The number of hydrogen-bond acceptors (Lipinski definition) is 3. The molecule has 1 aromatic carbocycles. The number of fused-ring (bicyclic) bond motifs is 1. The van der Waals surface area contributed by atoms with Crippen LogP contribution in [0.4, 0.5) is 0 Å². The molecule has 0 spiro atoms. The molecule has 0 fully saturated rings. The molecule has 2 heterocycles. The highest BCUT2D eigenvalue weighted by molar-refractivity contribution is 6.30. The van der Waals surface area contributed by atoms with Crippen molar-refractivity contribution in [3.8, 4) is 11.3 Å². The van der Waals surface area contributed by atoms with Crippen LogP contribution in [0, 0.1) is 6.92 Å². The largest absolute Gasteiger partial charge is 0.256 e. The molecule has 0 aliphatic heterocycles. The summed E-state index contributed by atoms with van der Waals surface area (Å²) in [6, 6.07) is 9.98. The van der Waals surface area contributed by atoms with E-state index in [4.69, 9.17) is 11.6 Å². The lowest BCUT2D eigenvalue weighted by Gasteiger charge is -2.08. The molecule has 3 aromatic rings. The molecular formula is C14H10ClN3. The van der Waals surface area contributed by atoms with Gasteiger partial charge in [-0.3, -0.25) is 4.98 Å². The highest BCUT2D eigenvalue weighted by Gasteiger charge is 2.11. The Morgan fingerprint density at radius 1 is 1.00 bits per heavy atom. The van der Waals surface area contributed by atoms with Crippen LogP contribution in [0.2, 0.25) is 5.15 Å². The standard InChI is InChI=1S/C14H10ClN3/c1-9-12(17-8-18-14(9)15)11-6-2-4-10-5-3-7-16-13(10)11/h2-8H,1H3. The van der Waals surface area contributed by atoms with E-state index in [2.05, 4.69) is 15.0 Å². The van der Waals surface area contributed by atoms with E-state index in [1.165, 1.54) is 6.33 Å². The molecule has 0 aliphatic carbocycles. The molecule has 4 heteroatoms. The van der Waals surface area contributed by atoms with Crippen molar-refractivity contribution in [1.82, 2.24) is 15.0 Å². The Kier molecular flexibility index (Phi) is 2.68. The van der Waals surface area contributed by atoms with Crippen molar-refractivity contribution in [1.29, 1.82) is 0 Å². The van der Waals surface area contributed by atoms with Crippen LogP contribution in [0.25, 0.3) is 22.2 Å². The van der Waals surface area contributed by atoms with E-state index in [0.29, 0.717) is 5.15 Å². The van der Waals surface area contributed by atoms with Gasteiger partial charge in [-0.25, -0.2) is 9.97 Å². The zero-order chi connectivity index (χ0) is 12.5. The number of pyridine rings is 1. The second-order valence-electron chi connectivity index (χ2n) is 4.02. The quantitative estimate of drug-likeness (QED) is 0.623. The number of hydrogen-bond donors (Lipinski definition) is 0. The van der Waals surface area contributed by atoms with Gasteiger partial charge in [0.25, 0.3) is 0 Å².